The maximum Gasteiger partial charge on any atom is 0.228 e. The van der Waals surface area contributed by atoms with Gasteiger partial charge in [0.05, 0.1) is 0 Å². The molecule has 5 rings (SSSR count). The average Bonchev–Trinajstić information content (AvgIpc) is 3.21. The molecule has 1 aromatic rings. The fraction of sp³-hybridized carbons (Fsp3) is 0.632. The maximum atomic E-state index is 13.1. The first kappa shape index (κ1) is 13.1. The van der Waals surface area contributed by atoms with Gasteiger partial charge in [0.1, 0.15) is 5.66 Å². The molecule has 2 heterocycles. The minimum atomic E-state index is -0.215. The Morgan fingerprint density at radius 3 is 2.77 bits per heavy atom. The lowest BCUT2D eigenvalue weighted by Crippen LogP contribution is -2.61. The number of nitrogens with zero attached hydrogens (tertiary/aromatic N) is 1. The summed E-state index contributed by atoms with van der Waals surface area (Å²) in [6, 6.07) is 8.90. The highest BCUT2D eigenvalue weighted by Crippen LogP contribution is 2.63. The van der Waals surface area contributed by atoms with E-state index in [1.165, 1.54) is 30.4 Å². The molecule has 4 fully saturated rings. The first-order valence-electron chi connectivity index (χ1n) is 8.85. The Hall–Kier alpha value is -1.35. The number of aryl methyl sites for hydroxylation is 1. The predicted octanol–water partition coefficient (Wildman–Crippen LogP) is 2.65. The van der Waals surface area contributed by atoms with Gasteiger partial charge >= 0.3 is 0 Å². The van der Waals surface area contributed by atoms with Gasteiger partial charge in [-0.3, -0.25) is 10.1 Å². The Morgan fingerprint density at radius 2 is 1.95 bits per heavy atom. The van der Waals surface area contributed by atoms with Crippen LogP contribution < -0.4 is 5.32 Å². The van der Waals surface area contributed by atoms with Crippen molar-refractivity contribution in [3.63, 3.8) is 0 Å². The van der Waals surface area contributed by atoms with Gasteiger partial charge < -0.3 is 4.90 Å². The van der Waals surface area contributed by atoms with Gasteiger partial charge in [0.2, 0.25) is 5.91 Å². The second-order valence-electron chi connectivity index (χ2n) is 7.79. The van der Waals surface area contributed by atoms with Crippen molar-refractivity contribution < 1.29 is 4.79 Å². The van der Waals surface area contributed by atoms with E-state index < -0.39 is 0 Å². The summed E-state index contributed by atoms with van der Waals surface area (Å²) in [6.07, 6.45) is 4.95. The highest BCUT2D eigenvalue weighted by molar-refractivity contribution is 5.84. The van der Waals surface area contributed by atoms with Crippen LogP contribution in [-0.4, -0.2) is 23.9 Å². The van der Waals surface area contributed by atoms with E-state index >= 15 is 0 Å². The van der Waals surface area contributed by atoms with Crippen LogP contribution in [0.15, 0.2) is 24.3 Å². The second-order valence-corrected chi connectivity index (χ2v) is 7.79. The zero-order valence-electron chi connectivity index (χ0n) is 13.2. The fourth-order valence-electron chi connectivity index (χ4n) is 6.06. The highest BCUT2D eigenvalue weighted by atomic mass is 16.2. The number of carbonyl (C=O) groups excluding carboxylic acids is 1. The summed E-state index contributed by atoms with van der Waals surface area (Å²) in [6.45, 7) is 4.08. The van der Waals surface area contributed by atoms with Crippen LogP contribution in [0, 0.1) is 30.6 Å². The third-order valence-electron chi connectivity index (χ3n) is 6.82. The number of fused-ring (bicyclic) bond motifs is 7. The summed E-state index contributed by atoms with van der Waals surface area (Å²) in [7, 11) is 0. The van der Waals surface area contributed by atoms with Crippen molar-refractivity contribution >= 4 is 5.91 Å². The molecule has 22 heavy (non-hydrogen) atoms. The number of nitrogens with one attached hydrogen (secondary N) is 1. The number of rotatable bonds is 1. The van der Waals surface area contributed by atoms with Gasteiger partial charge in [0.15, 0.2) is 0 Å². The van der Waals surface area contributed by atoms with E-state index in [0.717, 1.165) is 25.4 Å². The number of hydrogen-bond acceptors (Lipinski definition) is 2. The molecule has 2 aliphatic heterocycles. The van der Waals surface area contributed by atoms with Crippen molar-refractivity contribution in [2.45, 2.75) is 38.3 Å². The summed E-state index contributed by atoms with van der Waals surface area (Å²) in [5.41, 5.74) is 2.38. The normalized spacial score (nSPS) is 42.6. The van der Waals surface area contributed by atoms with Gasteiger partial charge in [-0.05, 0) is 56.6 Å². The maximum absolute atomic E-state index is 13.1. The largest absolute Gasteiger partial charge is 0.320 e. The molecule has 0 radical (unpaired) electrons. The van der Waals surface area contributed by atoms with Crippen molar-refractivity contribution in [1.82, 2.24) is 10.2 Å². The molecule has 0 aromatic heterocycles. The lowest BCUT2D eigenvalue weighted by Gasteiger charge is -2.48. The molecule has 2 bridgehead atoms. The first-order chi connectivity index (χ1) is 10.7. The molecule has 1 aromatic carbocycles. The molecule has 2 saturated carbocycles. The molecule has 2 aliphatic carbocycles. The van der Waals surface area contributed by atoms with Gasteiger partial charge in [-0.1, -0.05) is 29.8 Å². The summed E-state index contributed by atoms with van der Waals surface area (Å²) < 4.78 is 0. The van der Waals surface area contributed by atoms with Gasteiger partial charge in [-0.15, -0.1) is 0 Å². The molecule has 1 N–H and O–H groups in total. The standard InChI is InChI=1S/C19H24N2O/c1-12-3-7-15(8-4-12)19-17-14-6-5-13(11-14)16(17)18(22)21(19)10-2-9-20-19/h3-4,7-8,13-14,16-17,20H,2,5-6,9-11H2,1H3/t13-,14+,16+,17-,19-/m0/s1. The van der Waals surface area contributed by atoms with E-state index in [2.05, 4.69) is 41.4 Å². The molecule has 0 unspecified atom stereocenters. The van der Waals surface area contributed by atoms with Crippen LogP contribution in [0.5, 0.6) is 0 Å². The first-order valence-corrected chi connectivity index (χ1v) is 8.85. The smallest absolute Gasteiger partial charge is 0.228 e. The molecule has 0 spiro atoms. The summed E-state index contributed by atoms with van der Waals surface area (Å²) in [4.78, 5) is 15.4. The van der Waals surface area contributed by atoms with Gasteiger partial charge in [0, 0.05) is 18.4 Å². The quantitative estimate of drug-likeness (QED) is 0.864. The zero-order chi connectivity index (χ0) is 14.9. The van der Waals surface area contributed by atoms with Crippen LogP contribution in [0.4, 0.5) is 0 Å². The number of benzene rings is 1. The molecule has 1 amide bonds. The number of carbonyl (C=O) groups is 1. The molecule has 2 saturated heterocycles. The van der Waals surface area contributed by atoms with E-state index in [-0.39, 0.29) is 11.6 Å². The van der Waals surface area contributed by atoms with Crippen LogP contribution in [0.1, 0.15) is 36.8 Å². The molecule has 4 aliphatic rings. The lowest BCUT2D eigenvalue weighted by atomic mass is 9.72. The molecule has 3 nitrogen and oxygen atoms in total. The Bertz CT molecular complexity index is 625. The van der Waals surface area contributed by atoms with Gasteiger partial charge in [0.25, 0.3) is 0 Å². The van der Waals surface area contributed by atoms with Crippen LogP contribution in [0.2, 0.25) is 0 Å². The summed E-state index contributed by atoms with van der Waals surface area (Å²) >= 11 is 0. The van der Waals surface area contributed by atoms with E-state index in [1.54, 1.807) is 0 Å². The van der Waals surface area contributed by atoms with Crippen molar-refractivity contribution in [2.75, 3.05) is 13.1 Å². The zero-order valence-corrected chi connectivity index (χ0v) is 13.2. The van der Waals surface area contributed by atoms with Crippen LogP contribution in [0.25, 0.3) is 0 Å². The topological polar surface area (TPSA) is 32.3 Å². The van der Waals surface area contributed by atoms with E-state index in [4.69, 9.17) is 0 Å². The lowest BCUT2D eigenvalue weighted by molar-refractivity contribution is -0.137. The van der Waals surface area contributed by atoms with Crippen molar-refractivity contribution in [3.05, 3.63) is 35.4 Å². The van der Waals surface area contributed by atoms with Gasteiger partial charge in [-0.25, -0.2) is 0 Å². The Morgan fingerprint density at radius 1 is 1.18 bits per heavy atom. The van der Waals surface area contributed by atoms with Crippen LogP contribution in [0.3, 0.4) is 0 Å². The molecule has 116 valence electrons. The minimum absolute atomic E-state index is 0.215. The molecule has 5 atom stereocenters. The number of hydrogen-bond donors (Lipinski definition) is 1. The Balaban J connectivity index is 1.69. The highest BCUT2D eigenvalue weighted by Gasteiger charge is 2.68. The molecule has 3 heteroatoms. The summed E-state index contributed by atoms with van der Waals surface area (Å²) in [5.74, 6) is 2.59. The Labute approximate surface area is 132 Å². The third kappa shape index (κ3) is 1.43. The van der Waals surface area contributed by atoms with Crippen LogP contribution >= 0.6 is 0 Å². The molecular formula is C19H24N2O. The van der Waals surface area contributed by atoms with Crippen LogP contribution in [-0.2, 0) is 10.5 Å². The third-order valence-corrected chi connectivity index (χ3v) is 6.82. The predicted molar refractivity (Wildman–Crippen MR) is 85.0 cm³/mol. The van der Waals surface area contributed by atoms with E-state index in [9.17, 15) is 4.79 Å². The minimum Gasteiger partial charge on any atom is -0.320 e. The van der Waals surface area contributed by atoms with E-state index in [0.29, 0.717) is 17.7 Å². The fourth-order valence-corrected chi connectivity index (χ4v) is 6.06. The van der Waals surface area contributed by atoms with E-state index in [1.807, 2.05) is 0 Å². The SMILES string of the molecule is Cc1ccc([C@]23NCCCN2C(=O)[C@@H]2[C@H]4CC[C@H](C4)[C@@H]23)cc1. The van der Waals surface area contributed by atoms with Crippen molar-refractivity contribution in [3.8, 4) is 0 Å². The van der Waals surface area contributed by atoms with Gasteiger partial charge in [-0.2, -0.15) is 0 Å². The average molecular weight is 296 g/mol. The van der Waals surface area contributed by atoms with Crippen molar-refractivity contribution in [1.29, 1.82) is 0 Å². The molecular weight excluding hydrogens is 272 g/mol. The second kappa shape index (κ2) is 4.35. The monoisotopic (exact) mass is 296 g/mol. The Kier molecular flexibility index (Phi) is 2.59. The summed E-state index contributed by atoms with van der Waals surface area (Å²) in [5, 5.41) is 3.82. The number of amides is 1. The van der Waals surface area contributed by atoms with Crippen molar-refractivity contribution in [2.24, 2.45) is 23.7 Å².